The molecule has 2 amide bonds. The Balaban J connectivity index is 1.51. The van der Waals surface area contributed by atoms with Crippen molar-refractivity contribution in [3.05, 3.63) is 196 Å². The van der Waals surface area contributed by atoms with Crippen molar-refractivity contribution < 1.29 is 19.1 Å². The molecule has 2 unspecified atom stereocenters. The molecule has 2 atom stereocenters. The molecular weight excluding hydrogens is 838 g/mol. The van der Waals surface area contributed by atoms with Crippen LogP contribution >= 0.6 is 35.4 Å². The molecule has 9 rings (SSSR count). The number of carbonyl (C=O) groups excluding carboxylic acids is 2. The van der Waals surface area contributed by atoms with Crippen molar-refractivity contribution in [1.82, 2.24) is 9.97 Å². The molecule has 1 spiro atoms. The fourth-order valence-electron chi connectivity index (χ4n) is 8.78. The van der Waals surface area contributed by atoms with Crippen LogP contribution in [0.4, 0.5) is 17.3 Å². The first-order chi connectivity index (χ1) is 30.1. The molecule has 0 saturated carbocycles. The molecule has 9 nitrogen and oxygen atoms in total. The summed E-state index contributed by atoms with van der Waals surface area (Å²) < 4.78 is 11.3. The van der Waals surface area contributed by atoms with E-state index in [1.165, 1.54) is 9.80 Å². The van der Waals surface area contributed by atoms with E-state index in [0.29, 0.717) is 72.1 Å². The number of halogens is 2. The molecule has 12 heteroatoms. The minimum Gasteiger partial charge on any atom is -0.497 e. The SMILES string of the molecule is COc1ccc(C2/C(=C/c3ccc(Cl)cc3)c3nc(N)nc(-c4ccc(Cl)cc4)c3C(c3ccc(OC)cc3)C23C(=O)N(c2ccccc2)C(=S)N(c2ccccc2)C3=O)cc1. The van der Waals surface area contributed by atoms with Crippen molar-refractivity contribution in [3.8, 4) is 22.8 Å². The number of thiocarbonyl (C=S) groups is 1. The number of allylic oxidation sites excluding steroid dienone is 1. The first-order valence-electron chi connectivity index (χ1n) is 19.7. The van der Waals surface area contributed by atoms with Crippen LogP contribution in [0, 0.1) is 5.41 Å². The third-order valence-corrected chi connectivity index (χ3v) is 12.3. The Kier molecular flexibility index (Phi) is 10.8. The number of nitrogens with two attached hydrogens (primary N) is 1. The van der Waals surface area contributed by atoms with E-state index < -0.39 is 29.1 Å². The van der Waals surface area contributed by atoms with Gasteiger partial charge in [-0.25, -0.2) is 9.97 Å². The second-order valence-electron chi connectivity index (χ2n) is 14.9. The van der Waals surface area contributed by atoms with Crippen molar-refractivity contribution >= 4 is 81.3 Å². The van der Waals surface area contributed by atoms with Crippen molar-refractivity contribution in [2.45, 2.75) is 11.8 Å². The van der Waals surface area contributed by atoms with E-state index in [-0.39, 0.29) is 11.1 Å². The Morgan fingerprint density at radius 3 is 1.55 bits per heavy atom. The van der Waals surface area contributed by atoms with Gasteiger partial charge in [0, 0.05) is 33.0 Å². The molecule has 1 aromatic heterocycles. The van der Waals surface area contributed by atoms with Gasteiger partial charge in [0.25, 0.3) is 11.8 Å². The van der Waals surface area contributed by atoms with Crippen LogP contribution in [0.1, 0.15) is 39.8 Å². The fourth-order valence-corrected chi connectivity index (χ4v) is 9.41. The second kappa shape index (κ2) is 16.5. The average molecular weight is 875 g/mol. The predicted molar refractivity (Wildman–Crippen MR) is 250 cm³/mol. The maximum absolute atomic E-state index is 16.7. The van der Waals surface area contributed by atoms with Crippen LogP contribution < -0.4 is 25.0 Å². The standard InChI is InChI=1S/C50H37Cl2N5O4S/c1-60-38-25-17-31(18-26-38)42-40(29-30-13-21-34(51)22-14-30)45-41(44(54-48(53)55-45)33-15-23-35(52)24-16-33)43(32-19-27-39(61-2)28-20-32)50(42)46(58)56(36-9-5-3-6-10-36)49(62)57(47(50)59)37-11-7-4-8-12-37/h3-29,42-43H,1-2H3,(H2,53,54,55)/b40-29-. The number of fused-ring (bicyclic) bond motifs is 1. The van der Waals surface area contributed by atoms with Crippen molar-refractivity contribution in [2.24, 2.45) is 5.41 Å². The fraction of sp³-hybridized carbons (Fsp3) is 0.100. The van der Waals surface area contributed by atoms with E-state index in [1.54, 1.807) is 38.5 Å². The topological polar surface area (TPSA) is 111 Å². The lowest BCUT2D eigenvalue weighted by Gasteiger charge is -2.55. The maximum atomic E-state index is 16.7. The van der Waals surface area contributed by atoms with Gasteiger partial charge in [0.05, 0.1) is 37.0 Å². The van der Waals surface area contributed by atoms with E-state index >= 15 is 9.59 Å². The quantitative estimate of drug-likeness (QED) is 0.119. The molecule has 2 heterocycles. The minimum atomic E-state index is -2.05. The van der Waals surface area contributed by atoms with Gasteiger partial charge in [-0.3, -0.25) is 19.4 Å². The summed E-state index contributed by atoms with van der Waals surface area (Å²) >= 11 is 19.1. The van der Waals surface area contributed by atoms with Crippen LogP contribution in [0.2, 0.25) is 10.0 Å². The van der Waals surface area contributed by atoms with Gasteiger partial charge in [0.2, 0.25) is 5.95 Å². The number of hydrogen-bond acceptors (Lipinski definition) is 8. The van der Waals surface area contributed by atoms with Crippen molar-refractivity contribution in [1.29, 1.82) is 0 Å². The molecule has 6 aromatic carbocycles. The molecule has 0 bridgehead atoms. The smallest absolute Gasteiger partial charge is 0.251 e. The summed E-state index contributed by atoms with van der Waals surface area (Å²) in [6, 6.07) is 47.6. The zero-order valence-electron chi connectivity index (χ0n) is 33.4. The molecule has 1 fully saturated rings. The third-order valence-electron chi connectivity index (χ3n) is 11.5. The highest BCUT2D eigenvalue weighted by Gasteiger charge is 2.69. The molecule has 1 aliphatic heterocycles. The molecule has 62 heavy (non-hydrogen) atoms. The summed E-state index contributed by atoms with van der Waals surface area (Å²) in [7, 11) is 3.17. The first kappa shape index (κ1) is 40.6. The van der Waals surface area contributed by atoms with Gasteiger partial charge in [-0.05, 0) is 113 Å². The highest BCUT2D eigenvalue weighted by atomic mass is 35.5. The second-order valence-corrected chi connectivity index (χ2v) is 16.1. The van der Waals surface area contributed by atoms with Crippen molar-refractivity contribution in [3.63, 3.8) is 0 Å². The number of methoxy groups -OCH3 is 2. The van der Waals surface area contributed by atoms with E-state index in [4.69, 9.17) is 60.6 Å². The van der Waals surface area contributed by atoms with E-state index in [0.717, 1.165) is 5.56 Å². The third kappa shape index (κ3) is 6.86. The highest BCUT2D eigenvalue weighted by Crippen LogP contribution is 2.65. The monoisotopic (exact) mass is 873 g/mol. The number of aromatic nitrogens is 2. The van der Waals surface area contributed by atoms with Crippen molar-refractivity contribution in [2.75, 3.05) is 29.8 Å². The van der Waals surface area contributed by atoms with Crippen LogP contribution in [0.15, 0.2) is 158 Å². The maximum Gasteiger partial charge on any atom is 0.251 e. The van der Waals surface area contributed by atoms with Gasteiger partial charge >= 0.3 is 0 Å². The lowest BCUT2D eigenvalue weighted by Crippen LogP contribution is -2.70. The highest BCUT2D eigenvalue weighted by molar-refractivity contribution is 7.81. The summed E-state index contributed by atoms with van der Waals surface area (Å²) in [5.74, 6) is -2.04. The van der Waals surface area contributed by atoms with E-state index in [2.05, 4.69) is 0 Å². The molecule has 7 aromatic rings. The number of hydrogen-bond donors (Lipinski definition) is 1. The summed E-state index contributed by atoms with van der Waals surface area (Å²) in [5.41, 5.74) is 10.2. The largest absolute Gasteiger partial charge is 0.497 e. The van der Waals surface area contributed by atoms with Crippen LogP contribution in [0.5, 0.6) is 11.5 Å². The number of nitrogen functional groups attached to an aromatic ring is 1. The molecule has 0 radical (unpaired) electrons. The molecule has 306 valence electrons. The number of anilines is 3. The summed E-state index contributed by atoms with van der Waals surface area (Å²) in [6.45, 7) is 0. The Labute approximate surface area is 374 Å². The summed E-state index contributed by atoms with van der Waals surface area (Å²) in [5, 5.41) is 1.06. The van der Waals surface area contributed by atoms with Crippen LogP contribution in [0.25, 0.3) is 22.9 Å². The molecule has 1 aliphatic carbocycles. The number of ether oxygens (including phenoxy) is 2. The van der Waals surface area contributed by atoms with E-state index in [1.807, 2.05) is 140 Å². The molecule has 1 saturated heterocycles. The number of amides is 2. The Bertz CT molecular complexity index is 2800. The van der Waals surface area contributed by atoms with Gasteiger partial charge in [0.1, 0.15) is 11.5 Å². The van der Waals surface area contributed by atoms with Crippen LogP contribution in [-0.2, 0) is 9.59 Å². The van der Waals surface area contributed by atoms with E-state index in [9.17, 15) is 0 Å². The molecule has 2 N–H and O–H groups in total. The zero-order valence-corrected chi connectivity index (χ0v) is 35.7. The first-order valence-corrected chi connectivity index (χ1v) is 20.8. The summed E-state index contributed by atoms with van der Waals surface area (Å²) in [6.07, 6.45) is 1.95. The average Bonchev–Trinajstić information content (AvgIpc) is 3.30. The number of carbonyl (C=O) groups is 2. The Morgan fingerprint density at radius 2 is 1.06 bits per heavy atom. The lowest BCUT2D eigenvalue weighted by atomic mass is 9.51. The van der Waals surface area contributed by atoms with Gasteiger partial charge < -0.3 is 15.2 Å². The number of para-hydroxylation sites is 2. The zero-order chi connectivity index (χ0) is 43.1. The van der Waals surface area contributed by atoms with Gasteiger partial charge in [-0.2, -0.15) is 0 Å². The van der Waals surface area contributed by atoms with Gasteiger partial charge in [-0.15, -0.1) is 0 Å². The van der Waals surface area contributed by atoms with Gasteiger partial charge in [-0.1, -0.05) is 108 Å². The minimum absolute atomic E-state index is 0.00509. The number of rotatable bonds is 8. The Morgan fingerprint density at radius 1 is 0.613 bits per heavy atom. The normalized spacial score (nSPS) is 17.6. The van der Waals surface area contributed by atoms with Crippen LogP contribution in [-0.4, -0.2) is 41.1 Å². The number of benzene rings is 6. The van der Waals surface area contributed by atoms with Crippen LogP contribution in [0.3, 0.4) is 0 Å². The number of nitrogens with zero attached hydrogens (tertiary/aromatic N) is 4. The lowest BCUT2D eigenvalue weighted by molar-refractivity contribution is -0.142. The summed E-state index contributed by atoms with van der Waals surface area (Å²) in [4.78, 5) is 46.4. The predicted octanol–water partition coefficient (Wildman–Crippen LogP) is 10.9. The molecule has 2 aliphatic rings. The van der Waals surface area contributed by atoms with Gasteiger partial charge in [0.15, 0.2) is 10.5 Å². The molecular formula is C50H37Cl2N5O4S. The Hall–Kier alpha value is -6.85.